The van der Waals surface area contributed by atoms with Gasteiger partial charge in [-0.1, -0.05) is 0 Å². The molecule has 0 fully saturated rings. The molecule has 92 valence electrons. The van der Waals surface area contributed by atoms with Gasteiger partial charge < -0.3 is 24.8 Å². The van der Waals surface area contributed by atoms with Crippen LogP contribution in [-0.2, 0) is 23.2 Å². The van der Waals surface area contributed by atoms with E-state index in [0.717, 1.165) is 0 Å². The molecule has 0 amide bonds. The van der Waals surface area contributed by atoms with Crippen LogP contribution in [0.5, 0.6) is 0 Å². The van der Waals surface area contributed by atoms with E-state index in [2.05, 4.69) is 38.2 Å². The first-order chi connectivity index (χ1) is 7.31. The maximum atomic E-state index is 2.47. The van der Waals surface area contributed by atoms with Gasteiger partial charge in [0.05, 0.1) is 0 Å². The molecule has 0 saturated carbocycles. The average molecular weight is 348 g/mol. The van der Waals surface area contributed by atoms with Gasteiger partial charge in [0.1, 0.15) is 0 Å². The van der Waals surface area contributed by atoms with Crippen molar-refractivity contribution >= 4 is 0 Å². The van der Waals surface area contributed by atoms with Crippen molar-refractivity contribution in [2.45, 2.75) is 39.5 Å². The molecule has 0 N–H and O–H groups in total. The molecule has 2 aliphatic carbocycles. The summed E-state index contributed by atoms with van der Waals surface area (Å²) in [5.74, 6) is 0. The topological polar surface area (TPSA) is 0 Å². The van der Waals surface area contributed by atoms with Crippen molar-refractivity contribution in [1.29, 1.82) is 0 Å². The fraction of sp³-hybridized carbons (Fsp3) is 0.429. The first kappa shape index (κ1) is 17.4. The second-order valence-corrected chi connectivity index (χ2v) is 7.91. The van der Waals surface area contributed by atoms with E-state index >= 15 is 0 Å². The standard InChI is InChI=1S/C9H13.C5H5.2ClH.Zr/c1-3-5-9-7-4-6-8(9)2;1-2-4-5-3-1;;;/h7H,3-5H2,1-2H3;1-3H,4H2;2*1H;/q;;;;+2/p-2. The van der Waals surface area contributed by atoms with Crippen LogP contribution in [0.2, 0.25) is 0 Å². The van der Waals surface area contributed by atoms with Crippen molar-refractivity contribution < 1.29 is 48.0 Å². The summed E-state index contributed by atoms with van der Waals surface area (Å²) in [7, 11) is 0. The Hall–Kier alpha value is 0.423. The zero-order valence-corrected chi connectivity index (χ0v) is 14.4. The summed E-state index contributed by atoms with van der Waals surface area (Å²) >= 11 is -0.398. The van der Waals surface area contributed by atoms with Gasteiger partial charge in [-0.25, -0.2) is 0 Å². The molecular formula is C14H18Cl2Zr. The van der Waals surface area contributed by atoms with Crippen LogP contribution in [-0.4, -0.2) is 0 Å². The van der Waals surface area contributed by atoms with Gasteiger partial charge in [0, 0.05) is 0 Å². The Morgan fingerprint density at radius 3 is 2.59 bits per heavy atom. The van der Waals surface area contributed by atoms with E-state index in [1.165, 1.54) is 25.7 Å². The molecule has 3 heteroatoms. The monoisotopic (exact) mass is 346 g/mol. The number of hydrogen-bond donors (Lipinski definition) is 0. The molecule has 0 saturated heterocycles. The molecule has 0 spiro atoms. The van der Waals surface area contributed by atoms with E-state index in [0.29, 0.717) is 0 Å². The summed E-state index contributed by atoms with van der Waals surface area (Å²) in [5, 5.41) is 0. The van der Waals surface area contributed by atoms with Gasteiger partial charge in [-0.2, -0.15) is 0 Å². The van der Waals surface area contributed by atoms with E-state index in [9.17, 15) is 0 Å². The summed E-state index contributed by atoms with van der Waals surface area (Å²) < 4.78 is 3.57. The predicted molar refractivity (Wildman–Crippen MR) is 62.1 cm³/mol. The molecule has 0 aromatic heterocycles. The minimum atomic E-state index is -0.398. The molecule has 0 atom stereocenters. The summed E-state index contributed by atoms with van der Waals surface area (Å²) in [6.45, 7) is 4.61. The Morgan fingerprint density at radius 1 is 1.24 bits per heavy atom. The largest absolute Gasteiger partial charge is 1.00 e. The van der Waals surface area contributed by atoms with Gasteiger partial charge in [0.2, 0.25) is 0 Å². The Bertz CT molecular complexity index is 376. The van der Waals surface area contributed by atoms with Gasteiger partial charge in [0.25, 0.3) is 0 Å². The third-order valence-electron chi connectivity index (χ3n) is 3.09. The van der Waals surface area contributed by atoms with Crippen LogP contribution in [0.1, 0.15) is 39.5 Å². The van der Waals surface area contributed by atoms with Gasteiger partial charge in [-0.05, 0) is 0 Å². The third-order valence-corrected chi connectivity index (χ3v) is 6.95. The Morgan fingerprint density at radius 2 is 2.00 bits per heavy atom. The van der Waals surface area contributed by atoms with Crippen molar-refractivity contribution in [1.82, 2.24) is 0 Å². The van der Waals surface area contributed by atoms with Crippen LogP contribution in [0.3, 0.4) is 0 Å². The fourth-order valence-electron chi connectivity index (χ4n) is 2.16. The molecule has 0 unspecified atom stereocenters. The predicted octanol–water partition coefficient (Wildman–Crippen LogP) is -1.68. The van der Waals surface area contributed by atoms with Gasteiger partial charge >= 0.3 is 105 Å². The summed E-state index contributed by atoms with van der Waals surface area (Å²) in [4.78, 5) is 0. The first-order valence-corrected chi connectivity index (χ1v) is 8.29. The molecule has 0 radical (unpaired) electrons. The maximum absolute atomic E-state index is 2.47. The zero-order chi connectivity index (χ0) is 10.7. The summed E-state index contributed by atoms with van der Waals surface area (Å²) in [6.07, 6.45) is 14.4. The second-order valence-electron chi connectivity index (χ2n) is 4.24. The Labute approximate surface area is 129 Å². The maximum Gasteiger partial charge on any atom is -1.00 e. The van der Waals surface area contributed by atoms with Crippen molar-refractivity contribution in [3.63, 3.8) is 0 Å². The van der Waals surface area contributed by atoms with E-state index in [-0.39, 0.29) is 24.8 Å². The normalized spacial score (nSPS) is 17.1. The minimum absolute atomic E-state index is 0. The van der Waals surface area contributed by atoms with Crippen LogP contribution in [0, 0.1) is 0 Å². The average Bonchev–Trinajstić information content (AvgIpc) is 2.83. The van der Waals surface area contributed by atoms with Crippen LogP contribution >= 0.6 is 0 Å². The van der Waals surface area contributed by atoms with E-state index < -0.39 is 23.2 Å². The minimum Gasteiger partial charge on any atom is -1.00 e. The van der Waals surface area contributed by atoms with E-state index in [1.807, 2.05) is 3.28 Å². The molecule has 0 aromatic carbocycles. The second kappa shape index (κ2) is 8.51. The number of rotatable bonds is 4. The van der Waals surface area contributed by atoms with Crippen molar-refractivity contribution in [2.75, 3.05) is 0 Å². The first-order valence-electron chi connectivity index (χ1n) is 5.83. The smallest absolute Gasteiger partial charge is 1.00 e. The Balaban J connectivity index is 0.00000128. The van der Waals surface area contributed by atoms with Crippen LogP contribution in [0.25, 0.3) is 0 Å². The molecular weight excluding hydrogens is 330 g/mol. The molecule has 0 heterocycles. The van der Waals surface area contributed by atoms with Gasteiger partial charge in [-0.3, -0.25) is 0 Å². The summed E-state index contributed by atoms with van der Waals surface area (Å²) in [5.41, 5.74) is 3.29. The Kier molecular flexibility index (Phi) is 8.72. The van der Waals surface area contributed by atoms with Crippen molar-refractivity contribution in [3.8, 4) is 0 Å². The van der Waals surface area contributed by atoms with Crippen LogP contribution < -0.4 is 24.8 Å². The molecule has 2 rings (SSSR count). The molecule has 2 aliphatic rings. The molecule has 0 bridgehead atoms. The van der Waals surface area contributed by atoms with E-state index in [1.54, 1.807) is 14.4 Å². The SMILES string of the molecule is CCCC1=CC[C]([Zr+2][C]2=CC=CC2)=C1C.[Cl-].[Cl-]. The van der Waals surface area contributed by atoms with Crippen LogP contribution in [0.4, 0.5) is 0 Å². The van der Waals surface area contributed by atoms with Crippen molar-refractivity contribution in [3.05, 3.63) is 42.0 Å². The quantitative estimate of drug-likeness (QED) is 0.570. The third kappa shape index (κ3) is 4.54. The number of allylic oxidation sites excluding steroid dienone is 8. The number of hydrogen-bond acceptors (Lipinski definition) is 0. The molecule has 17 heavy (non-hydrogen) atoms. The molecule has 0 aliphatic heterocycles. The summed E-state index contributed by atoms with van der Waals surface area (Å²) in [6, 6.07) is 0. The molecule has 0 nitrogen and oxygen atoms in total. The van der Waals surface area contributed by atoms with Crippen LogP contribution in [0.15, 0.2) is 42.0 Å². The zero-order valence-electron chi connectivity index (χ0n) is 10.4. The van der Waals surface area contributed by atoms with Gasteiger partial charge in [0.15, 0.2) is 0 Å². The van der Waals surface area contributed by atoms with Crippen molar-refractivity contribution in [2.24, 2.45) is 0 Å². The van der Waals surface area contributed by atoms with Gasteiger partial charge in [-0.15, -0.1) is 0 Å². The fourth-order valence-corrected chi connectivity index (χ4v) is 5.45. The molecule has 0 aromatic rings. The van der Waals surface area contributed by atoms with E-state index in [4.69, 9.17) is 0 Å². The number of halogens is 2.